The maximum Gasteiger partial charge on any atom is 1.00 e. The molecule has 0 saturated carbocycles. The van der Waals surface area contributed by atoms with E-state index >= 15 is 0 Å². The van der Waals surface area contributed by atoms with Crippen molar-refractivity contribution in [3.8, 4) is 5.75 Å². The first-order valence-corrected chi connectivity index (χ1v) is 19.4. The topological polar surface area (TPSA) is 168 Å². The summed E-state index contributed by atoms with van der Waals surface area (Å²) in [6.07, 6.45) is 4.69. The Bertz CT molecular complexity index is 2090. The molecule has 4 amide bonds. The van der Waals surface area contributed by atoms with Crippen molar-refractivity contribution in [3.63, 3.8) is 0 Å². The Kier molecular flexibility index (Phi) is 13.8. The zero-order valence-corrected chi connectivity index (χ0v) is 34.2. The molecule has 3 aromatic carbocycles. The number of nitrogens with one attached hydrogen (secondary N) is 1. The van der Waals surface area contributed by atoms with Gasteiger partial charge >= 0.3 is 43.4 Å². The number of benzene rings is 3. The maximum atomic E-state index is 14.6. The second-order valence-electron chi connectivity index (χ2n) is 13.5. The van der Waals surface area contributed by atoms with Crippen molar-refractivity contribution in [2.45, 2.75) is 57.9 Å². The smallest absolute Gasteiger partial charge is 0.746 e. The first kappa shape index (κ1) is 41.9. The summed E-state index contributed by atoms with van der Waals surface area (Å²) in [6.45, 7) is 6.27. The maximum absolute atomic E-state index is 14.6. The van der Waals surface area contributed by atoms with E-state index in [1.807, 2.05) is 73.3 Å². The van der Waals surface area contributed by atoms with Crippen LogP contribution in [0.1, 0.15) is 53.2 Å². The van der Waals surface area contributed by atoms with Gasteiger partial charge in [0.25, 0.3) is 0 Å². The van der Waals surface area contributed by atoms with Crippen molar-refractivity contribution >= 4 is 42.4 Å². The molecule has 4 aromatic rings. The number of piperazine rings is 1. The molecule has 1 aromatic heterocycles. The molecule has 55 heavy (non-hydrogen) atoms. The summed E-state index contributed by atoms with van der Waals surface area (Å²) in [4.78, 5) is 79.5. The van der Waals surface area contributed by atoms with Gasteiger partial charge in [0, 0.05) is 56.7 Å². The quantitative estimate of drug-likeness (QED) is 0.0826. The largest absolute Gasteiger partial charge is 1.00 e. The van der Waals surface area contributed by atoms with E-state index in [9.17, 15) is 28.6 Å². The van der Waals surface area contributed by atoms with Crippen LogP contribution in [0.3, 0.4) is 0 Å². The van der Waals surface area contributed by atoms with Crippen molar-refractivity contribution in [1.29, 1.82) is 0 Å². The SMILES string of the molecule is C=CCN1CC(=O)N2[C@@H](Cc3ccc(OP(=O)([O-])O)cc3)C(=O)N(Cc3cccc4c(C(=O)CCCC)cn(C)c34)C[C@@H]2N1C(=O)NCc1ccccc1.[Na+]. The monoisotopic (exact) mass is 778 g/mol. The van der Waals surface area contributed by atoms with Crippen molar-refractivity contribution in [2.24, 2.45) is 7.05 Å². The van der Waals surface area contributed by atoms with Crippen LogP contribution < -0.4 is 44.3 Å². The average Bonchev–Trinajstić information content (AvgIpc) is 3.49. The Morgan fingerprint density at radius 3 is 2.45 bits per heavy atom. The van der Waals surface area contributed by atoms with Crippen LogP contribution in [0.2, 0.25) is 0 Å². The van der Waals surface area contributed by atoms with Crippen LogP contribution in [-0.4, -0.2) is 84.7 Å². The minimum absolute atomic E-state index is 0. The third-order valence-corrected chi connectivity index (χ3v) is 10.2. The molecular formula is C39H44N6NaO8P. The predicted octanol–water partition coefficient (Wildman–Crippen LogP) is 1.13. The van der Waals surface area contributed by atoms with Gasteiger partial charge in [-0.05, 0) is 35.2 Å². The Labute approximate surface area is 342 Å². The van der Waals surface area contributed by atoms with E-state index in [1.165, 1.54) is 22.0 Å². The van der Waals surface area contributed by atoms with E-state index in [0.29, 0.717) is 17.5 Å². The van der Waals surface area contributed by atoms with Gasteiger partial charge in [-0.3, -0.25) is 18.9 Å². The van der Waals surface area contributed by atoms with Gasteiger partial charge < -0.3 is 34.0 Å². The van der Waals surface area contributed by atoms with Gasteiger partial charge in [-0.1, -0.05) is 80.1 Å². The normalized spacial score (nSPS) is 18.4. The number of aryl methyl sites for hydroxylation is 1. The summed E-state index contributed by atoms with van der Waals surface area (Å²) < 4.78 is 17.8. The van der Waals surface area contributed by atoms with Crippen molar-refractivity contribution < 1.29 is 67.6 Å². The number of hydrogen-bond donors (Lipinski definition) is 2. The Morgan fingerprint density at radius 1 is 1.05 bits per heavy atom. The summed E-state index contributed by atoms with van der Waals surface area (Å²) in [6, 6.07) is 19.4. The van der Waals surface area contributed by atoms with Crippen LogP contribution in [0.25, 0.3) is 10.9 Å². The molecule has 0 aliphatic carbocycles. The van der Waals surface area contributed by atoms with Crippen LogP contribution in [0, 0.1) is 0 Å². The van der Waals surface area contributed by atoms with E-state index < -0.39 is 26.1 Å². The van der Waals surface area contributed by atoms with Gasteiger partial charge in [-0.2, -0.15) is 0 Å². The van der Waals surface area contributed by atoms with Gasteiger partial charge in [0.2, 0.25) is 11.8 Å². The molecule has 1 unspecified atom stereocenters. The fourth-order valence-electron chi connectivity index (χ4n) is 7.32. The fraction of sp³-hybridized carbons (Fsp3) is 0.333. The summed E-state index contributed by atoms with van der Waals surface area (Å²) in [5.41, 5.74) is 3.70. The van der Waals surface area contributed by atoms with E-state index in [1.54, 1.807) is 28.1 Å². The molecule has 0 bridgehead atoms. The summed E-state index contributed by atoms with van der Waals surface area (Å²) in [5, 5.41) is 6.89. The van der Waals surface area contributed by atoms with Crippen LogP contribution in [-0.2, 0) is 40.7 Å². The number of urea groups is 1. The number of rotatable bonds is 14. The molecule has 6 rings (SSSR count). The molecule has 14 nitrogen and oxygen atoms in total. The molecule has 284 valence electrons. The Hall–Kier alpha value is -4.27. The summed E-state index contributed by atoms with van der Waals surface area (Å²) in [5.74, 6) is -0.753. The number of para-hydroxylation sites is 1. The minimum atomic E-state index is -5.04. The second kappa shape index (κ2) is 18.1. The van der Waals surface area contributed by atoms with Crippen molar-refractivity contribution in [3.05, 3.63) is 114 Å². The molecule has 16 heteroatoms. The number of hydrazine groups is 1. The number of amides is 4. The molecule has 2 aliphatic heterocycles. The van der Waals surface area contributed by atoms with Crippen molar-refractivity contribution in [2.75, 3.05) is 19.6 Å². The number of fused-ring (bicyclic) bond motifs is 2. The van der Waals surface area contributed by atoms with Gasteiger partial charge in [-0.25, -0.2) is 14.8 Å². The fourth-order valence-corrected chi connectivity index (χ4v) is 7.71. The number of aromatic nitrogens is 1. The van der Waals surface area contributed by atoms with Crippen LogP contribution in [0.15, 0.2) is 91.6 Å². The van der Waals surface area contributed by atoms with Crippen LogP contribution >= 0.6 is 7.82 Å². The van der Waals surface area contributed by atoms with E-state index in [2.05, 4.69) is 16.4 Å². The zero-order valence-electron chi connectivity index (χ0n) is 31.3. The second-order valence-corrected chi connectivity index (χ2v) is 14.7. The first-order valence-electron chi connectivity index (χ1n) is 17.9. The molecule has 3 atom stereocenters. The average molecular weight is 779 g/mol. The molecule has 2 fully saturated rings. The number of Topliss-reactive ketones (excluding diaryl/α,β-unsaturated/α-hetero) is 1. The predicted molar refractivity (Wildman–Crippen MR) is 199 cm³/mol. The number of phosphoric ester groups is 1. The third kappa shape index (κ3) is 9.58. The summed E-state index contributed by atoms with van der Waals surface area (Å²) >= 11 is 0. The first-order chi connectivity index (χ1) is 25.9. The molecule has 3 heterocycles. The summed E-state index contributed by atoms with van der Waals surface area (Å²) in [7, 11) is -3.17. The number of ketones is 1. The number of hydrogen-bond acceptors (Lipinski definition) is 8. The third-order valence-electron chi connectivity index (χ3n) is 9.74. The van der Waals surface area contributed by atoms with Gasteiger partial charge in [0.15, 0.2) is 5.78 Å². The minimum Gasteiger partial charge on any atom is -0.746 e. The Morgan fingerprint density at radius 2 is 1.78 bits per heavy atom. The number of carbonyl (C=O) groups is 4. The molecule has 2 saturated heterocycles. The molecule has 0 spiro atoms. The molecular weight excluding hydrogens is 734 g/mol. The van der Waals surface area contributed by atoms with Gasteiger partial charge in [0.05, 0.1) is 18.6 Å². The molecule has 2 aliphatic rings. The number of carbonyl (C=O) groups excluding carboxylic acids is 4. The van der Waals surface area contributed by atoms with Gasteiger partial charge in [-0.15, -0.1) is 6.58 Å². The molecule has 2 N–H and O–H groups in total. The van der Waals surface area contributed by atoms with E-state index in [-0.39, 0.29) is 92.0 Å². The van der Waals surface area contributed by atoms with Crippen molar-refractivity contribution in [1.82, 2.24) is 29.7 Å². The number of unbranched alkanes of at least 4 members (excludes halogenated alkanes) is 1. The van der Waals surface area contributed by atoms with Crippen LogP contribution in [0.5, 0.6) is 5.75 Å². The number of nitrogens with zero attached hydrogens (tertiary/aromatic N) is 5. The van der Waals surface area contributed by atoms with Crippen LogP contribution in [0.4, 0.5) is 4.79 Å². The van der Waals surface area contributed by atoms with Gasteiger partial charge in [0.1, 0.15) is 18.0 Å². The number of phosphoric acid groups is 1. The standard InChI is InChI=1S/C39H45N6O8P.Na/c1-4-6-15-34(46)32-24-41(3)37-29(13-10-14-31(32)37)23-42-25-35-44(33(38(42)48)21-27-16-18-30(19-17-27)53-54(50,51)52)36(47)26-43(20-5-2)45(35)39(49)40-22-28-11-8-7-9-12-28;/h5,7-14,16-19,24,33,35H,2,4,6,15,20-23,25-26H2,1,3H3,(H,40,49)(H2,50,51,52);/q;+1/p-1/t33-,35-;/m0./s1. The van der Waals surface area contributed by atoms with E-state index in [0.717, 1.165) is 34.9 Å². The van der Waals surface area contributed by atoms with E-state index in [4.69, 9.17) is 4.89 Å². The zero-order chi connectivity index (χ0) is 38.6. The Balaban J connectivity index is 0.00000580. The molecule has 0 radical (unpaired) electrons.